The summed E-state index contributed by atoms with van der Waals surface area (Å²) in [7, 11) is 10.6. The van der Waals surface area contributed by atoms with Gasteiger partial charge in [0.2, 0.25) is 17.7 Å². The first-order chi connectivity index (χ1) is 49.6. The lowest BCUT2D eigenvalue weighted by atomic mass is 10.1. The number of fused-ring (bicyclic) bond motifs is 3. The number of ether oxygens (including phenoxy) is 5. The van der Waals surface area contributed by atoms with Crippen LogP contribution in [0, 0.1) is 0 Å². The van der Waals surface area contributed by atoms with Gasteiger partial charge in [0.15, 0.2) is 16.9 Å². The van der Waals surface area contributed by atoms with Crippen LogP contribution in [0.25, 0.3) is 66.9 Å². The van der Waals surface area contributed by atoms with Gasteiger partial charge in [-0.05, 0) is 123 Å². The van der Waals surface area contributed by atoms with Crippen molar-refractivity contribution in [2.75, 3.05) is 99.0 Å². The molecular weight excluding hydrogens is 1290 g/mol. The average Bonchev–Trinajstić information content (AvgIpc) is 1.64. The molecule has 522 valence electrons. The minimum absolute atomic E-state index is 0.0633. The number of para-hydroxylation sites is 3. The van der Waals surface area contributed by atoms with Crippen LogP contribution in [0.2, 0.25) is 0 Å². The summed E-state index contributed by atoms with van der Waals surface area (Å²) in [5, 5.41) is 19.1. The Kier molecular flexibility index (Phi) is 25.2. The predicted octanol–water partition coefficient (Wildman–Crippen LogP) is 10.2. The van der Waals surface area contributed by atoms with E-state index >= 15 is 0 Å². The van der Waals surface area contributed by atoms with Crippen LogP contribution in [-0.4, -0.2) is 173 Å². The number of carbonyl (C=O) groups excluding carboxylic acids is 3. The van der Waals surface area contributed by atoms with Crippen LogP contribution in [-0.2, 0) is 43.5 Å². The summed E-state index contributed by atoms with van der Waals surface area (Å²) in [6.07, 6.45) is 13.9. The van der Waals surface area contributed by atoms with Crippen molar-refractivity contribution in [3.05, 3.63) is 219 Å². The summed E-state index contributed by atoms with van der Waals surface area (Å²) in [5.74, 6) is 5.10. The summed E-state index contributed by atoms with van der Waals surface area (Å²) >= 11 is 0. The fourth-order valence-electron chi connectivity index (χ4n) is 10.3. The van der Waals surface area contributed by atoms with E-state index in [1.165, 1.54) is 31.1 Å². The van der Waals surface area contributed by atoms with Gasteiger partial charge in [0.25, 0.3) is 0 Å². The van der Waals surface area contributed by atoms with Gasteiger partial charge in [0.05, 0.1) is 49.0 Å². The topological polar surface area (TPSA) is 328 Å². The molecule has 0 radical (unpaired) electrons. The van der Waals surface area contributed by atoms with Gasteiger partial charge in [-0.25, -0.2) is 43.9 Å². The molecule has 27 heteroatoms. The van der Waals surface area contributed by atoms with Gasteiger partial charge in [-0.2, -0.15) is 15.3 Å². The van der Waals surface area contributed by atoms with Crippen LogP contribution in [0.5, 0.6) is 34.5 Å². The van der Waals surface area contributed by atoms with E-state index in [-0.39, 0.29) is 17.7 Å². The lowest BCUT2D eigenvalue weighted by Crippen LogP contribution is -2.29. The Hall–Kier alpha value is -12.7. The van der Waals surface area contributed by atoms with Gasteiger partial charge in [-0.1, -0.05) is 72.8 Å². The monoisotopic (exact) mass is 1370 g/mol. The van der Waals surface area contributed by atoms with Crippen molar-refractivity contribution in [2.45, 2.75) is 19.6 Å². The molecule has 0 aliphatic heterocycles. The van der Waals surface area contributed by atoms with Crippen molar-refractivity contribution >= 4 is 68.3 Å². The molecular formula is C75H79N19O8. The SMILES string of the molecule is CN(C)C/C=C/C(=O)N(C)CCn1nc(-c2ccc(Oc3ccccc3)cc2)c2c(N)ncnc21.COC/C=C/C(=O)N(C)CCn1nc(-c2ccc(Oc3ccccc3)cc2)c2c(N)ncnc21.COC/C=C/C(=O)NCCn1nc(-c2ccc(Oc3ccccc3)cc2)c2c(N)ncnc21. The molecule has 6 aromatic carbocycles. The molecule has 27 nitrogen and oxygen atoms in total. The number of aromatic nitrogens is 12. The van der Waals surface area contributed by atoms with Crippen LogP contribution < -0.4 is 36.7 Å². The second-order valence-corrected chi connectivity index (χ2v) is 23.1. The third-order valence-corrected chi connectivity index (χ3v) is 15.5. The largest absolute Gasteiger partial charge is 0.457 e. The molecule has 102 heavy (non-hydrogen) atoms. The van der Waals surface area contributed by atoms with Gasteiger partial charge in [-0.15, -0.1) is 0 Å². The number of nitrogens with one attached hydrogen (secondary N) is 1. The molecule has 0 fully saturated rings. The molecule has 3 amide bonds. The maximum absolute atomic E-state index is 12.4. The van der Waals surface area contributed by atoms with E-state index in [4.69, 9.17) is 56.2 Å². The van der Waals surface area contributed by atoms with Crippen LogP contribution >= 0.6 is 0 Å². The van der Waals surface area contributed by atoms with E-state index in [9.17, 15) is 14.4 Å². The average molecular weight is 1370 g/mol. The van der Waals surface area contributed by atoms with Crippen molar-refractivity contribution in [1.82, 2.24) is 79.3 Å². The van der Waals surface area contributed by atoms with E-state index in [2.05, 4.69) is 35.2 Å². The number of hydrogen-bond donors (Lipinski definition) is 4. The van der Waals surface area contributed by atoms with Crippen molar-refractivity contribution in [3.63, 3.8) is 0 Å². The lowest BCUT2D eigenvalue weighted by Gasteiger charge is -2.15. The second kappa shape index (κ2) is 35.7. The van der Waals surface area contributed by atoms with Crippen LogP contribution in [0.1, 0.15) is 0 Å². The van der Waals surface area contributed by atoms with E-state index < -0.39 is 0 Å². The number of rotatable bonds is 27. The zero-order chi connectivity index (χ0) is 71.7. The summed E-state index contributed by atoms with van der Waals surface area (Å²) in [5.41, 5.74) is 25.0. The Balaban J connectivity index is 0.000000165. The highest BCUT2D eigenvalue weighted by atomic mass is 16.5. The van der Waals surface area contributed by atoms with Crippen molar-refractivity contribution in [1.29, 1.82) is 0 Å². The zero-order valence-electron chi connectivity index (χ0n) is 57.4. The number of anilines is 3. The Morgan fingerprint density at radius 2 is 0.745 bits per heavy atom. The van der Waals surface area contributed by atoms with Crippen LogP contribution in [0.3, 0.4) is 0 Å². The van der Waals surface area contributed by atoms with Gasteiger partial charge in [0.1, 0.15) is 88.0 Å². The Labute approximate surface area is 589 Å². The standard InChI is InChI=1S/C26H29N7O2.C25H26N6O3.C24H24N6O3/c1-31(2)15-7-10-22(34)32(3)16-17-33-26-23(25(27)28-18-29-26)24(30-33)19-11-13-21(14-12-19)35-20-8-5-4-6-9-20;1-30(21(32)9-6-16-33-2)14-15-31-25-22(24(26)27-17-28-25)23(29-31)18-10-12-20(13-11-18)34-19-7-4-3-5-8-19;1-32-15-5-8-20(31)26-13-14-30-24-21(23(25)27-16-28-24)22(29-30)17-9-11-19(12-10-17)33-18-6-3-2-4-7-18/h4-14,18H,15-17H2,1-3H3,(H2,27,28,29);3-13,17H,14-16H2,1-2H3,(H2,26,27,28);2-12,16H,13-15H2,1H3,(H,26,31)(H2,25,27,28)/b10-7+;9-6+;8-5+. The molecule has 0 aliphatic rings. The zero-order valence-corrected chi connectivity index (χ0v) is 57.4. The molecule has 12 aromatic rings. The third-order valence-electron chi connectivity index (χ3n) is 15.5. The molecule has 0 saturated carbocycles. The van der Waals surface area contributed by atoms with E-state index in [1.807, 2.05) is 189 Å². The molecule has 0 bridgehead atoms. The summed E-state index contributed by atoms with van der Waals surface area (Å²) in [6, 6.07) is 51.6. The van der Waals surface area contributed by atoms with Crippen LogP contribution in [0.15, 0.2) is 219 Å². The maximum Gasteiger partial charge on any atom is 0.246 e. The number of nitrogens with two attached hydrogens (primary N) is 3. The molecule has 7 N–H and O–H groups in total. The summed E-state index contributed by atoms with van der Waals surface area (Å²) < 4.78 is 32.7. The van der Waals surface area contributed by atoms with Gasteiger partial charge in [-0.3, -0.25) is 14.4 Å². The number of methoxy groups -OCH3 is 2. The first-order valence-corrected chi connectivity index (χ1v) is 32.5. The van der Waals surface area contributed by atoms with E-state index in [1.54, 1.807) is 70.4 Å². The highest BCUT2D eigenvalue weighted by molar-refractivity contribution is 6.00. The first-order valence-electron chi connectivity index (χ1n) is 32.5. The molecule has 12 rings (SSSR count). The molecule has 6 aromatic heterocycles. The normalized spacial score (nSPS) is 11.3. The van der Waals surface area contributed by atoms with Gasteiger partial charge < -0.3 is 60.9 Å². The molecule has 0 aliphatic carbocycles. The fourth-order valence-corrected chi connectivity index (χ4v) is 10.3. The Morgan fingerprint density at radius 3 is 1.09 bits per heavy atom. The lowest BCUT2D eigenvalue weighted by molar-refractivity contribution is -0.125. The molecule has 0 atom stereocenters. The van der Waals surface area contributed by atoms with Crippen molar-refractivity contribution < 1.29 is 38.1 Å². The number of carbonyl (C=O) groups is 3. The Morgan fingerprint density at radius 1 is 0.422 bits per heavy atom. The minimum Gasteiger partial charge on any atom is -0.457 e. The van der Waals surface area contributed by atoms with E-state index in [0.717, 1.165) is 39.7 Å². The number of nitrogens with zero attached hydrogens (tertiary/aromatic N) is 15. The van der Waals surface area contributed by atoms with E-state index in [0.29, 0.717) is 138 Å². The van der Waals surface area contributed by atoms with Crippen molar-refractivity contribution in [3.8, 4) is 68.3 Å². The highest BCUT2D eigenvalue weighted by Gasteiger charge is 2.22. The molecule has 6 heterocycles. The minimum atomic E-state index is -0.202. The van der Waals surface area contributed by atoms with Crippen LogP contribution in [0.4, 0.5) is 17.5 Å². The molecule has 0 unspecified atom stereocenters. The van der Waals surface area contributed by atoms with Crippen molar-refractivity contribution in [2.24, 2.45) is 0 Å². The van der Waals surface area contributed by atoms with Gasteiger partial charge >= 0.3 is 0 Å². The number of benzene rings is 6. The first kappa shape index (κ1) is 72.0. The number of likely N-dealkylation sites (N-methyl/N-ethyl adjacent to an activating group) is 3. The predicted molar refractivity (Wildman–Crippen MR) is 393 cm³/mol. The molecule has 0 saturated heterocycles. The fraction of sp³-hybridized carbons (Fsp3) is 0.200. The quantitative estimate of drug-likeness (QED) is 0.0348. The highest BCUT2D eigenvalue weighted by Crippen LogP contribution is 2.36. The third kappa shape index (κ3) is 19.3. The maximum atomic E-state index is 12.4. The van der Waals surface area contributed by atoms with Gasteiger partial charge in [0, 0.05) is 89.4 Å². The summed E-state index contributed by atoms with van der Waals surface area (Å²) in [6.45, 7) is 4.10. The Bertz CT molecular complexity index is 4820. The smallest absolute Gasteiger partial charge is 0.246 e. The number of nitrogen functional groups attached to an aromatic ring is 3. The second-order valence-electron chi connectivity index (χ2n) is 23.1. The number of amides is 3. The summed E-state index contributed by atoms with van der Waals surface area (Å²) in [4.78, 5) is 67.4. The molecule has 0 spiro atoms. The number of hydrogen-bond acceptors (Lipinski definition) is 21.